The molecule has 2 aromatic carbocycles. The Bertz CT molecular complexity index is 937. The van der Waals surface area contributed by atoms with Crippen LogP contribution < -0.4 is 10.6 Å². The number of anilines is 1. The van der Waals surface area contributed by atoms with Crippen molar-refractivity contribution in [1.29, 1.82) is 0 Å². The Morgan fingerprint density at radius 2 is 1.85 bits per heavy atom. The molecule has 1 amide bonds. The molecule has 3 aromatic rings. The highest BCUT2D eigenvalue weighted by Crippen LogP contribution is 2.18. The maximum absolute atomic E-state index is 12.1. The van der Waals surface area contributed by atoms with E-state index < -0.39 is 12.0 Å². The predicted molar refractivity (Wildman–Crippen MR) is 106 cm³/mol. The maximum Gasteiger partial charge on any atom is 0.321 e. The van der Waals surface area contributed by atoms with Gasteiger partial charge in [0.25, 0.3) is 0 Å². The van der Waals surface area contributed by atoms with Gasteiger partial charge in [0, 0.05) is 34.4 Å². The van der Waals surface area contributed by atoms with Crippen molar-refractivity contribution < 1.29 is 14.7 Å². The van der Waals surface area contributed by atoms with Crippen LogP contribution in [-0.2, 0) is 16.0 Å². The van der Waals surface area contributed by atoms with Crippen molar-refractivity contribution in [3.05, 3.63) is 65.3 Å². The molecule has 0 saturated carbocycles. The molecule has 0 radical (unpaired) electrons. The average Bonchev–Trinajstić information content (AvgIpc) is 3.06. The van der Waals surface area contributed by atoms with Gasteiger partial charge in [0.1, 0.15) is 6.04 Å². The molecule has 0 aliphatic rings. The number of fused-ring (bicyclic) bond motifs is 1. The lowest BCUT2D eigenvalue weighted by Crippen LogP contribution is -2.40. The van der Waals surface area contributed by atoms with E-state index in [0.29, 0.717) is 23.7 Å². The number of H-pyrrole nitrogens is 1. The number of halogens is 1. The van der Waals surface area contributed by atoms with Gasteiger partial charge in [-0.1, -0.05) is 29.8 Å². The van der Waals surface area contributed by atoms with Crippen LogP contribution in [0.2, 0.25) is 5.02 Å². The molecular formula is C20H20ClN3O3. The molecule has 27 heavy (non-hydrogen) atoms. The van der Waals surface area contributed by atoms with Crippen molar-refractivity contribution in [3.8, 4) is 0 Å². The van der Waals surface area contributed by atoms with Crippen molar-refractivity contribution in [1.82, 2.24) is 10.3 Å². The van der Waals surface area contributed by atoms with E-state index in [1.54, 1.807) is 24.3 Å². The van der Waals surface area contributed by atoms with Crippen LogP contribution in [-0.4, -0.2) is 34.6 Å². The van der Waals surface area contributed by atoms with Gasteiger partial charge in [-0.15, -0.1) is 0 Å². The third kappa shape index (κ3) is 5.09. The van der Waals surface area contributed by atoms with Crippen LogP contribution >= 0.6 is 11.6 Å². The van der Waals surface area contributed by atoms with E-state index in [2.05, 4.69) is 15.6 Å². The van der Waals surface area contributed by atoms with E-state index in [-0.39, 0.29) is 12.3 Å². The number of carboxylic acids is 1. The number of nitrogens with one attached hydrogen (secondary N) is 3. The number of para-hydroxylation sites is 1. The molecule has 0 saturated heterocycles. The third-order valence-electron chi connectivity index (χ3n) is 4.28. The number of aromatic amines is 1. The lowest BCUT2D eigenvalue weighted by molar-refractivity contribution is -0.141. The zero-order chi connectivity index (χ0) is 19.2. The van der Waals surface area contributed by atoms with Crippen LogP contribution in [0.5, 0.6) is 0 Å². The molecule has 1 aromatic heterocycles. The fourth-order valence-electron chi connectivity index (χ4n) is 2.90. The Balaban J connectivity index is 1.53. The van der Waals surface area contributed by atoms with E-state index in [1.807, 2.05) is 30.5 Å². The monoisotopic (exact) mass is 385 g/mol. The van der Waals surface area contributed by atoms with Gasteiger partial charge in [-0.05, 0) is 42.3 Å². The largest absolute Gasteiger partial charge is 0.480 e. The highest BCUT2D eigenvalue weighted by molar-refractivity contribution is 6.30. The zero-order valence-electron chi connectivity index (χ0n) is 14.5. The quantitative estimate of drug-likeness (QED) is 0.477. The van der Waals surface area contributed by atoms with Crippen molar-refractivity contribution in [2.75, 3.05) is 11.9 Å². The number of carbonyl (C=O) groups excluding carboxylic acids is 1. The molecule has 0 unspecified atom stereocenters. The SMILES string of the molecule is O=C(C[C@@H](NCCc1c[nH]c2ccccc12)C(=O)O)Nc1ccc(Cl)cc1. The van der Waals surface area contributed by atoms with E-state index in [1.165, 1.54) is 0 Å². The Hall–Kier alpha value is -2.83. The molecule has 0 bridgehead atoms. The van der Waals surface area contributed by atoms with Crippen LogP contribution in [0.1, 0.15) is 12.0 Å². The van der Waals surface area contributed by atoms with Crippen LogP contribution in [0.4, 0.5) is 5.69 Å². The lowest BCUT2D eigenvalue weighted by atomic mass is 10.1. The van der Waals surface area contributed by atoms with Crippen molar-refractivity contribution >= 4 is 40.1 Å². The summed E-state index contributed by atoms with van der Waals surface area (Å²) in [5, 5.41) is 16.7. The topological polar surface area (TPSA) is 94.2 Å². The molecule has 1 atom stereocenters. The first-order valence-corrected chi connectivity index (χ1v) is 8.97. The highest BCUT2D eigenvalue weighted by Gasteiger charge is 2.20. The summed E-state index contributed by atoms with van der Waals surface area (Å²) < 4.78 is 0. The summed E-state index contributed by atoms with van der Waals surface area (Å²) in [6, 6.07) is 13.6. The van der Waals surface area contributed by atoms with Gasteiger partial charge in [0.2, 0.25) is 5.91 Å². The molecule has 0 fully saturated rings. The summed E-state index contributed by atoms with van der Waals surface area (Å²) in [5.41, 5.74) is 2.73. The molecule has 7 heteroatoms. The Labute approximate surface area is 161 Å². The van der Waals surface area contributed by atoms with Crippen LogP contribution in [0.25, 0.3) is 10.9 Å². The number of carboxylic acid groups (broad SMARTS) is 1. The summed E-state index contributed by atoms with van der Waals surface area (Å²) in [4.78, 5) is 26.8. The van der Waals surface area contributed by atoms with E-state index >= 15 is 0 Å². The maximum atomic E-state index is 12.1. The van der Waals surface area contributed by atoms with E-state index in [0.717, 1.165) is 16.5 Å². The summed E-state index contributed by atoms with van der Waals surface area (Å²) >= 11 is 5.81. The fourth-order valence-corrected chi connectivity index (χ4v) is 3.02. The van der Waals surface area contributed by atoms with Crippen molar-refractivity contribution in [3.63, 3.8) is 0 Å². The molecule has 6 nitrogen and oxygen atoms in total. The molecule has 140 valence electrons. The number of carbonyl (C=O) groups is 2. The van der Waals surface area contributed by atoms with Gasteiger partial charge >= 0.3 is 5.97 Å². The minimum atomic E-state index is -1.06. The van der Waals surface area contributed by atoms with Crippen molar-refractivity contribution in [2.24, 2.45) is 0 Å². The molecule has 3 rings (SSSR count). The van der Waals surface area contributed by atoms with E-state index in [9.17, 15) is 14.7 Å². The summed E-state index contributed by atoms with van der Waals surface area (Å²) in [7, 11) is 0. The summed E-state index contributed by atoms with van der Waals surface area (Å²) in [6.07, 6.45) is 2.42. The second kappa shape index (κ2) is 8.70. The van der Waals surface area contributed by atoms with Crippen LogP contribution in [0, 0.1) is 0 Å². The van der Waals surface area contributed by atoms with Crippen LogP contribution in [0.15, 0.2) is 54.7 Å². The molecule has 0 aliphatic carbocycles. The second-order valence-corrected chi connectivity index (χ2v) is 6.65. The van der Waals surface area contributed by atoms with Gasteiger partial charge in [-0.3, -0.25) is 9.59 Å². The number of hydrogen-bond acceptors (Lipinski definition) is 3. The van der Waals surface area contributed by atoms with Crippen LogP contribution in [0.3, 0.4) is 0 Å². The molecular weight excluding hydrogens is 366 g/mol. The number of benzene rings is 2. The number of amides is 1. The Morgan fingerprint density at radius 1 is 1.11 bits per heavy atom. The van der Waals surface area contributed by atoms with Crippen molar-refractivity contribution in [2.45, 2.75) is 18.9 Å². The zero-order valence-corrected chi connectivity index (χ0v) is 15.3. The Morgan fingerprint density at radius 3 is 2.59 bits per heavy atom. The van der Waals surface area contributed by atoms with Gasteiger partial charge in [-0.25, -0.2) is 0 Å². The highest BCUT2D eigenvalue weighted by atomic mass is 35.5. The standard InChI is InChI=1S/C20H20ClN3O3/c21-14-5-7-15(8-6-14)24-19(25)11-18(20(26)27)22-10-9-13-12-23-17-4-2-1-3-16(13)17/h1-8,12,18,22-23H,9-11H2,(H,24,25)(H,26,27)/t18-/m1/s1. The minimum absolute atomic E-state index is 0.161. The van der Waals surface area contributed by atoms with E-state index in [4.69, 9.17) is 11.6 Å². The number of rotatable bonds is 8. The molecule has 0 spiro atoms. The molecule has 0 aliphatic heterocycles. The summed E-state index contributed by atoms with van der Waals surface area (Å²) in [5.74, 6) is -1.43. The predicted octanol–water partition coefficient (Wildman–Crippen LogP) is 3.44. The second-order valence-electron chi connectivity index (χ2n) is 6.21. The number of hydrogen-bond donors (Lipinski definition) is 4. The molecule has 1 heterocycles. The Kier molecular flexibility index (Phi) is 6.11. The van der Waals surface area contributed by atoms with Gasteiger partial charge in [-0.2, -0.15) is 0 Å². The lowest BCUT2D eigenvalue weighted by Gasteiger charge is -2.14. The fraction of sp³-hybridized carbons (Fsp3) is 0.200. The smallest absolute Gasteiger partial charge is 0.321 e. The average molecular weight is 386 g/mol. The first-order valence-electron chi connectivity index (χ1n) is 8.59. The van der Waals surface area contributed by atoms with Gasteiger partial charge in [0.05, 0.1) is 6.42 Å². The third-order valence-corrected chi connectivity index (χ3v) is 4.53. The first-order chi connectivity index (χ1) is 13.0. The summed E-state index contributed by atoms with van der Waals surface area (Å²) in [6.45, 7) is 0.451. The molecule has 4 N–H and O–H groups in total. The first kappa shape index (κ1) is 18.9. The van der Waals surface area contributed by atoms with Gasteiger partial charge in [0.15, 0.2) is 0 Å². The van der Waals surface area contributed by atoms with Gasteiger partial charge < -0.3 is 20.7 Å². The normalized spacial score (nSPS) is 12.0. The number of aromatic nitrogens is 1. The minimum Gasteiger partial charge on any atom is -0.480 e. The number of aliphatic carboxylic acids is 1.